The Morgan fingerprint density at radius 3 is 2.64 bits per heavy atom. The molecule has 5 nitrogen and oxygen atoms in total. The number of carboxylic acid groups (broad SMARTS) is 1. The van der Waals surface area contributed by atoms with Gasteiger partial charge in [0.1, 0.15) is 0 Å². The number of aliphatic carboxylic acids is 1. The van der Waals surface area contributed by atoms with E-state index < -0.39 is 12.1 Å². The second kappa shape index (κ2) is 8.19. The molecule has 120 valence electrons. The van der Waals surface area contributed by atoms with E-state index in [-0.39, 0.29) is 23.6 Å². The molecule has 1 heterocycles. The molecule has 0 aliphatic carbocycles. The van der Waals surface area contributed by atoms with Crippen molar-refractivity contribution in [2.75, 3.05) is 5.75 Å². The summed E-state index contributed by atoms with van der Waals surface area (Å²) >= 11 is 1.64. The minimum Gasteiger partial charge on any atom is -0.481 e. The van der Waals surface area contributed by atoms with E-state index in [0.29, 0.717) is 17.7 Å². The maximum Gasteiger partial charge on any atom is 0.303 e. The van der Waals surface area contributed by atoms with Gasteiger partial charge in [0.15, 0.2) is 0 Å². The van der Waals surface area contributed by atoms with Crippen LogP contribution in [0.3, 0.4) is 0 Å². The summed E-state index contributed by atoms with van der Waals surface area (Å²) in [6.07, 6.45) is 1.77. The van der Waals surface area contributed by atoms with E-state index in [1.165, 1.54) is 0 Å². The Morgan fingerprint density at radius 1 is 1.23 bits per heavy atom. The lowest BCUT2D eigenvalue weighted by molar-refractivity contribution is -0.137. The number of benzene rings is 1. The Bertz CT molecular complexity index is 508. The highest BCUT2D eigenvalue weighted by atomic mass is 32.2. The van der Waals surface area contributed by atoms with Gasteiger partial charge >= 0.3 is 5.97 Å². The second-order valence-corrected chi connectivity index (χ2v) is 6.72. The third kappa shape index (κ3) is 4.74. The normalized spacial score (nSPS) is 24.1. The molecule has 1 aliphatic heterocycles. The Kier molecular flexibility index (Phi) is 6.27. The highest BCUT2D eigenvalue weighted by molar-refractivity contribution is 8.00. The number of hydrogen-bond acceptors (Lipinski definition) is 4. The predicted octanol–water partition coefficient (Wildman–Crippen LogP) is 1.91. The maximum absolute atomic E-state index is 12.1. The summed E-state index contributed by atoms with van der Waals surface area (Å²) in [5.74, 6) is -0.270. The summed E-state index contributed by atoms with van der Waals surface area (Å²) < 4.78 is 0. The van der Waals surface area contributed by atoms with Crippen LogP contribution in [0.4, 0.5) is 0 Å². The molecule has 1 aliphatic rings. The van der Waals surface area contributed by atoms with Gasteiger partial charge in [-0.25, -0.2) is 0 Å². The smallest absolute Gasteiger partial charge is 0.303 e. The molecule has 0 bridgehead atoms. The zero-order chi connectivity index (χ0) is 15.9. The Balaban J connectivity index is 1.77. The van der Waals surface area contributed by atoms with Crippen LogP contribution in [0.25, 0.3) is 0 Å². The van der Waals surface area contributed by atoms with E-state index in [9.17, 15) is 14.7 Å². The van der Waals surface area contributed by atoms with E-state index in [1.807, 2.05) is 6.07 Å². The number of thioether (sulfide) groups is 1. The van der Waals surface area contributed by atoms with Crippen LogP contribution < -0.4 is 5.32 Å². The summed E-state index contributed by atoms with van der Waals surface area (Å²) in [7, 11) is 0. The fourth-order valence-electron chi connectivity index (χ4n) is 2.53. The molecule has 0 aromatic heterocycles. The molecule has 1 fully saturated rings. The summed E-state index contributed by atoms with van der Waals surface area (Å²) in [6, 6.07) is 8.70. The van der Waals surface area contributed by atoms with Gasteiger partial charge in [0.2, 0.25) is 0 Å². The number of unbranched alkanes of at least 4 members (excludes halogenated alkanes) is 1. The molecule has 3 atom stereocenters. The first kappa shape index (κ1) is 16.8. The summed E-state index contributed by atoms with van der Waals surface area (Å²) in [5.41, 5.74) is 0.588. The molecule has 2 rings (SSSR count). The first-order valence-electron chi connectivity index (χ1n) is 7.45. The van der Waals surface area contributed by atoms with Crippen molar-refractivity contribution in [1.29, 1.82) is 0 Å². The lowest BCUT2D eigenvalue weighted by Gasteiger charge is -2.19. The van der Waals surface area contributed by atoms with Gasteiger partial charge in [-0.3, -0.25) is 9.59 Å². The fourth-order valence-corrected chi connectivity index (χ4v) is 3.98. The highest BCUT2D eigenvalue weighted by Gasteiger charge is 2.35. The van der Waals surface area contributed by atoms with Crippen LogP contribution >= 0.6 is 11.8 Å². The minimum atomic E-state index is -0.785. The van der Waals surface area contributed by atoms with Crippen molar-refractivity contribution in [3.8, 4) is 0 Å². The van der Waals surface area contributed by atoms with Crippen LogP contribution in [-0.2, 0) is 4.79 Å². The van der Waals surface area contributed by atoms with Crippen LogP contribution in [0.15, 0.2) is 30.3 Å². The largest absolute Gasteiger partial charge is 0.481 e. The first-order chi connectivity index (χ1) is 10.6. The lowest BCUT2D eigenvalue weighted by Crippen LogP contribution is -2.44. The Morgan fingerprint density at radius 2 is 1.95 bits per heavy atom. The number of carboxylic acids is 1. The van der Waals surface area contributed by atoms with Gasteiger partial charge in [-0.2, -0.15) is 11.8 Å². The average molecular weight is 323 g/mol. The third-order valence-electron chi connectivity index (χ3n) is 3.76. The lowest BCUT2D eigenvalue weighted by atomic mass is 10.0. The van der Waals surface area contributed by atoms with Gasteiger partial charge in [0.05, 0.1) is 12.1 Å². The van der Waals surface area contributed by atoms with Gasteiger partial charge in [-0.1, -0.05) is 24.6 Å². The van der Waals surface area contributed by atoms with Gasteiger partial charge < -0.3 is 15.5 Å². The number of aliphatic hydroxyl groups is 1. The molecule has 0 unspecified atom stereocenters. The topological polar surface area (TPSA) is 86.6 Å². The van der Waals surface area contributed by atoms with Gasteiger partial charge in [-0.05, 0) is 25.0 Å². The van der Waals surface area contributed by atoms with Crippen LogP contribution in [0.2, 0.25) is 0 Å². The molecule has 6 heteroatoms. The molecule has 0 saturated carbocycles. The molecule has 1 aromatic carbocycles. The van der Waals surface area contributed by atoms with E-state index in [2.05, 4.69) is 5.32 Å². The van der Waals surface area contributed by atoms with E-state index in [4.69, 9.17) is 5.11 Å². The molecular formula is C16H21NO4S. The summed E-state index contributed by atoms with van der Waals surface area (Å²) in [6.45, 7) is 0. The van der Waals surface area contributed by atoms with E-state index in [0.717, 1.165) is 12.8 Å². The van der Waals surface area contributed by atoms with Crippen LogP contribution in [0.1, 0.15) is 36.0 Å². The quantitative estimate of drug-likeness (QED) is 0.667. The molecule has 3 N–H and O–H groups in total. The van der Waals surface area contributed by atoms with Gasteiger partial charge in [-0.15, -0.1) is 0 Å². The zero-order valence-electron chi connectivity index (χ0n) is 12.3. The van der Waals surface area contributed by atoms with Crippen molar-refractivity contribution in [3.05, 3.63) is 35.9 Å². The monoisotopic (exact) mass is 323 g/mol. The number of carbonyl (C=O) groups excluding carboxylic acids is 1. The average Bonchev–Trinajstić information content (AvgIpc) is 2.85. The highest BCUT2D eigenvalue weighted by Crippen LogP contribution is 2.31. The van der Waals surface area contributed by atoms with Crippen molar-refractivity contribution >= 4 is 23.6 Å². The SMILES string of the molecule is O=C(O)CCCC[C@@H]1SC[C@@H](NC(=O)c2ccccc2)[C@@H]1O. The number of aliphatic hydroxyl groups excluding tert-OH is 1. The minimum absolute atomic E-state index is 0.0647. The first-order valence-corrected chi connectivity index (χ1v) is 8.50. The number of carbonyl (C=O) groups is 2. The van der Waals surface area contributed by atoms with Crippen LogP contribution in [0.5, 0.6) is 0 Å². The summed E-state index contributed by atoms with van der Waals surface area (Å²) in [5, 5.41) is 21.9. The van der Waals surface area contributed by atoms with Gasteiger partial charge in [0, 0.05) is 23.0 Å². The number of rotatable bonds is 7. The molecule has 1 saturated heterocycles. The molecule has 1 aromatic rings. The van der Waals surface area contributed by atoms with E-state index in [1.54, 1.807) is 36.0 Å². The van der Waals surface area contributed by atoms with Crippen molar-refractivity contribution < 1.29 is 19.8 Å². The molecule has 0 radical (unpaired) electrons. The molecule has 0 spiro atoms. The maximum atomic E-state index is 12.1. The van der Waals surface area contributed by atoms with Crippen molar-refractivity contribution in [3.63, 3.8) is 0 Å². The Hall–Kier alpha value is -1.53. The second-order valence-electron chi connectivity index (χ2n) is 5.45. The number of hydrogen-bond donors (Lipinski definition) is 3. The molecule has 22 heavy (non-hydrogen) atoms. The zero-order valence-corrected chi connectivity index (χ0v) is 13.1. The van der Waals surface area contributed by atoms with Crippen LogP contribution in [0, 0.1) is 0 Å². The van der Waals surface area contributed by atoms with Crippen molar-refractivity contribution in [2.24, 2.45) is 0 Å². The predicted molar refractivity (Wildman–Crippen MR) is 86.1 cm³/mol. The number of amides is 1. The fraction of sp³-hybridized carbons (Fsp3) is 0.500. The standard InChI is InChI=1S/C16H21NO4S/c18-14(19)9-5-4-8-13-15(20)12(10-22-13)17-16(21)11-6-2-1-3-7-11/h1-3,6-7,12-13,15,20H,4-5,8-10H2,(H,17,21)(H,18,19)/t12-,13+,15+/m1/s1. The van der Waals surface area contributed by atoms with Gasteiger partial charge in [0.25, 0.3) is 5.91 Å². The van der Waals surface area contributed by atoms with Crippen molar-refractivity contribution in [1.82, 2.24) is 5.32 Å². The van der Waals surface area contributed by atoms with Crippen molar-refractivity contribution in [2.45, 2.75) is 43.1 Å². The number of nitrogens with one attached hydrogen (secondary N) is 1. The molecule has 1 amide bonds. The Labute approximate surface area is 134 Å². The van der Waals surface area contributed by atoms with Crippen LogP contribution in [-0.4, -0.2) is 45.2 Å². The molecular weight excluding hydrogens is 302 g/mol. The van der Waals surface area contributed by atoms with E-state index >= 15 is 0 Å². The third-order valence-corrected chi connectivity index (χ3v) is 5.26. The summed E-state index contributed by atoms with van der Waals surface area (Å²) in [4.78, 5) is 22.6.